The van der Waals surface area contributed by atoms with E-state index in [1.807, 2.05) is 43.7 Å². The largest absolute Gasteiger partial charge is 0.350 e. The van der Waals surface area contributed by atoms with Crippen LogP contribution in [0.2, 0.25) is 0 Å². The number of carbonyl (C=O) groups is 1. The summed E-state index contributed by atoms with van der Waals surface area (Å²) in [5.74, 6) is 1.40. The topological polar surface area (TPSA) is 83.9 Å². The maximum absolute atomic E-state index is 13.1. The van der Waals surface area contributed by atoms with Gasteiger partial charge in [-0.05, 0) is 38.8 Å². The van der Waals surface area contributed by atoms with Gasteiger partial charge in [0.2, 0.25) is 5.43 Å². The highest BCUT2D eigenvalue weighted by Crippen LogP contribution is 2.25. The lowest BCUT2D eigenvalue weighted by Gasteiger charge is -2.31. The average molecular weight is 365 g/mol. The molecular weight excluding hydrogens is 342 g/mol. The van der Waals surface area contributed by atoms with Crippen molar-refractivity contribution >= 4 is 16.8 Å². The summed E-state index contributed by atoms with van der Waals surface area (Å²) in [4.78, 5) is 32.3. The maximum Gasteiger partial charge on any atom is 0.259 e. The number of hydrogen-bond donors (Lipinski definition) is 1. The van der Waals surface area contributed by atoms with Gasteiger partial charge in [0.25, 0.3) is 5.91 Å². The molecule has 7 nitrogen and oxygen atoms in total. The molecule has 3 heterocycles. The Morgan fingerprint density at radius 2 is 2.11 bits per heavy atom. The summed E-state index contributed by atoms with van der Waals surface area (Å²) in [5.41, 5.74) is 1.85. The molecule has 0 radical (unpaired) electrons. The van der Waals surface area contributed by atoms with E-state index in [0.717, 1.165) is 35.6 Å². The Bertz CT molecular complexity index is 1080. The van der Waals surface area contributed by atoms with Crippen molar-refractivity contribution in [1.82, 2.24) is 24.6 Å². The van der Waals surface area contributed by atoms with Crippen molar-refractivity contribution in [3.8, 4) is 0 Å². The van der Waals surface area contributed by atoms with Crippen molar-refractivity contribution < 1.29 is 4.79 Å². The zero-order chi connectivity index (χ0) is 19.1. The lowest BCUT2D eigenvalue weighted by atomic mass is 9.96. The third-order valence-corrected chi connectivity index (χ3v) is 5.26. The molecule has 1 aromatic carbocycles. The molecule has 0 spiro atoms. The predicted molar refractivity (Wildman–Crippen MR) is 103 cm³/mol. The molecule has 7 heteroatoms. The first-order chi connectivity index (χ1) is 12.9. The number of likely N-dealkylation sites (tertiary alicyclic amines) is 1. The van der Waals surface area contributed by atoms with Crippen LogP contribution in [0.3, 0.4) is 0 Å². The third kappa shape index (κ3) is 3.13. The quantitative estimate of drug-likeness (QED) is 0.755. The van der Waals surface area contributed by atoms with E-state index in [2.05, 4.69) is 15.2 Å². The van der Waals surface area contributed by atoms with Gasteiger partial charge in [0.1, 0.15) is 11.4 Å². The zero-order valence-electron chi connectivity index (χ0n) is 15.8. The molecule has 0 unspecified atom stereocenters. The van der Waals surface area contributed by atoms with E-state index in [-0.39, 0.29) is 22.8 Å². The van der Waals surface area contributed by atoms with Crippen LogP contribution < -0.4 is 5.43 Å². The van der Waals surface area contributed by atoms with Gasteiger partial charge >= 0.3 is 0 Å². The van der Waals surface area contributed by atoms with Gasteiger partial charge in [-0.25, -0.2) is 4.98 Å². The van der Waals surface area contributed by atoms with Crippen LogP contribution in [-0.4, -0.2) is 43.6 Å². The molecule has 3 aromatic rings. The van der Waals surface area contributed by atoms with Crippen LogP contribution in [-0.2, 0) is 7.05 Å². The summed E-state index contributed by atoms with van der Waals surface area (Å²) in [6, 6.07) is 5.74. The molecule has 1 fully saturated rings. The Kier molecular flexibility index (Phi) is 4.30. The number of hydrogen-bond acceptors (Lipinski definition) is 4. The van der Waals surface area contributed by atoms with Crippen molar-refractivity contribution in [2.45, 2.75) is 32.6 Å². The van der Waals surface area contributed by atoms with E-state index in [1.54, 1.807) is 11.1 Å². The molecule has 4 rings (SSSR count). The molecule has 1 aliphatic rings. The van der Waals surface area contributed by atoms with Crippen LogP contribution in [0.4, 0.5) is 0 Å². The normalized spacial score (nSPS) is 17.4. The monoisotopic (exact) mass is 365 g/mol. The van der Waals surface area contributed by atoms with Gasteiger partial charge in [0, 0.05) is 37.6 Å². The van der Waals surface area contributed by atoms with Crippen LogP contribution in [0, 0.1) is 13.8 Å². The number of piperidine rings is 1. The van der Waals surface area contributed by atoms with E-state index in [4.69, 9.17) is 0 Å². The minimum Gasteiger partial charge on any atom is -0.350 e. The molecule has 0 saturated carbocycles. The van der Waals surface area contributed by atoms with Gasteiger partial charge in [-0.3, -0.25) is 14.7 Å². The smallest absolute Gasteiger partial charge is 0.259 e. The highest BCUT2D eigenvalue weighted by Gasteiger charge is 2.29. The molecule has 27 heavy (non-hydrogen) atoms. The Morgan fingerprint density at radius 1 is 1.30 bits per heavy atom. The van der Waals surface area contributed by atoms with E-state index in [0.29, 0.717) is 18.5 Å². The average Bonchev–Trinajstić information content (AvgIpc) is 3.10. The predicted octanol–water partition coefficient (Wildman–Crippen LogP) is 2.29. The lowest BCUT2D eigenvalue weighted by molar-refractivity contribution is 0.0702. The first kappa shape index (κ1) is 17.5. The van der Waals surface area contributed by atoms with Crippen LogP contribution in [0.1, 0.15) is 46.3 Å². The Hall–Kier alpha value is -2.96. The van der Waals surface area contributed by atoms with Crippen molar-refractivity contribution in [2.24, 2.45) is 7.05 Å². The Balaban J connectivity index is 1.68. The standard InChI is InChI=1S/C20H23N5O2/c1-12-6-7-17-15(9-12)18(26)16(11-24(17)3)20(27)25-8-4-5-14(10-25)19-21-13(2)22-23-19/h6-7,9,11,14H,4-5,8,10H2,1-3H3,(H,21,22,23)/t14-/m1/s1. The first-order valence-electron chi connectivity index (χ1n) is 9.22. The second-order valence-corrected chi connectivity index (χ2v) is 7.37. The van der Waals surface area contributed by atoms with Crippen LogP contribution in [0.15, 0.2) is 29.2 Å². The highest BCUT2D eigenvalue weighted by molar-refractivity contribution is 5.97. The first-order valence-corrected chi connectivity index (χ1v) is 9.22. The number of aromatic amines is 1. The summed E-state index contributed by atoms with van der Waals surface area (Å²) in [7, 11) is 1.86. The molecule has 1 atom stereocenters. The molecule has 140 valence electrons. The van der Waals surface area contributed by atoms with Gasteiger partial charge < -0.3 is 9.47 Å². The van der Waals surface area contributed by atoms with Crippen molar-refractivity contribution in [2.75, 3.05) is 13.1 Å². The Morgan fingerprint density at radius 3 is 2.85 bits per heavy atom. The molecule has 1 N–H and O–H groups in total. The number of aryl methyl sites for hydroxylation is 3. The molecule has 0 aliphatic carbocycles. The number of amides is 1. The number of nitrogens with zero attached hydrogens (tertiary/aromatic N) is 4. The summed E-state index contributed by atoms with van der Waals surface area (Å²) in [5, 5.41) is 7.70. The highest BCUT2D eigenvalue weighted by atomic mass is 16.2. The fraction of sp³-hybridized carbons (Fsp3) is 0.400. The van der Waals surface area contributed by atoms with Crippen LogP contribution >= 0.6 is 0 Å². The summed E-state index contributed by atoms with van der Waals surface area (Å²) in [6.45, 7) is 4.99. The lowest BCUT2D eigenvalue weighted by Crippen LogP contribution is -2.41. The molecule has 1 aliphatic heterocycles. The molecule has 2 aromatic heterocycles. The zero-order valence-corrected chi connectivity index (χ0v) is 15.8. The van der Waals surface area contributed by atoms with E-state index < -0.39 is 0 Å². The van der Waals surface area contributed by atoms with E-state index in [1.165, 1.54) is 0 Å². The second-order valence-electron chi connectivity index (χ2n) is 7.37. The van der Waals surface area contributed by atoms with Gasteiger partial charge in [0.15, 0.2) is 5.82 Å². The van der Waals surface area contributed by atoms with Gasteiger partial charge in [-0.1, -0.05) is 11.6 Å². The number of pyridine rings is 1. The SMILES string of the molecule is Cc1ccc2c(c1)c(=O)c(C(=O)N1CCC[C@@H](c3n[nH]c(C)n3)C1)cn2C. The van der Waals surface area contributed by atoms with Gasteiger partial charge in [0.05, 0.1) is 5.52 Å². The Labute approximate surface area is 157 Å². The fourth-order valence-electron chi connectivity index (χ4n) is 3.84. The third-order valence-electron chi connectivity index (χ3n) is 5.26. The number of fused-ring (bicyclic) bond motifs is 1. The fourth-order valence-corrected chi connectivity index (χ4v) is 3.84. The number of carbonyl (C=O) groups excluding carboxylic acids is 1. The van der Waals surface area contributed by atoms with E-state index >= 15 is 0 Å². The maximum atomic E-state index is 13.1. The molecule has 1 saturated heterocycles. The second kappa shape index (κ2) is 6.64. The molecular formula is C20H23N5O2. The van der Waals surface area contributed by atoms with Crippen molar-refractivity contribution in [1.29, 1.82) is 0 Å². The number of rotatable bonds is 2. The van der Waals surface area contributed by atoms with E-state index in [9.17, 15) is 9.59 Å². The number of benzene rings is 1. The van der Waals surface area contributed by atoms with Crippen LogP contribution in [0.25, 0.3) is 10.9 Å². The number of H-pyrrole nitrogens is 1. The number of aromatic nitrogens is 4. The number of nitrogens with one attached hydrogen (secondary N) is 1. The summed E-state index contributed by atoms with van der Waals surface area (Å²) >= 11 is 0. The minimum absolute atomic E-state index is 0.0965. The van der Waals surface area contributed by atoms with Crippen molar-refractivity contribution in [3.63, 3.8) is 0 Å². The minimum atomic E-state index is -0.212. The van der Waals surface area contributed by atoms with Gasteiger partial charge in [-0.15, -0.1) is 0 Å². The van der Waals surface area contributed by atoms with Gasteiger partial charge in [-0.2, -0.15) is 5.10 Å². The molecule has 0 bridgehead atoms. The van der Waals surface area contributed by atoms with Crippen molar-refractivity contribution in [3.05, 3.63) is 57.4 Å². The molecule has 1 amide bonds. The summed E-state index contributed by atoms with van der Waals surface area (Å²) in [6.07, 6.45) is 3.47. The summed E-state index contributed by atoms with van der Waals surface area (Å²) < 4.78 is 1.85. The van der Waals surface area contributed by atoms with Crippen LogP contribution in [0.5, 0.6) is 0 Å².